The third kappa shape index (κ3) is 18.4. The molecular formula is C28H44O8. The predicted octanol–water partition coefficient (Wildman–Crippen LogP) is 6.51. The summed E-state index contributed by atoms with van der Waals surface area (Å²) in [5.74, 6) is -1.88. The molecule has 204 valence electrons. The standard InChI is InChI=1S/C22H34O4.C6H10O4/c1-4-5-16-25-21(23)19-14-10-11-15-20(19)22(24)26-17-12-8-6-7-9-13-18(2)3;7-5(8)3-1-2-4-6(9)10/h10-11,14-15,18H,4-9,12-13,16-17H2,1-3H3;1-4H2,(H,7,8)(H,9,10). The number of esters is 2. The maximum absolute atomic E-state index is 12.3. The van der Waals surface area contributed by atoms with Crippen LogP contribution < -0.4 is 0 Å². The second-order valence-electron chi connectivity index (χ2n) is 9.12. The highest BCUT2D eigenvalue weighted by Gasteiger charge is 2.18. The Hall–Kier alpha value is -2.90. The highest BCUT2D eigenvalue weighted by Crippen LogP contribution is 2.14. The molecule has 0 amide bonds. The second-order valence-corrected chi connectivity index (χ2v) is 9.12. The maximum Gasteiger partial charge on any atom is 0.339 e. The minimum Gasteiger partial charge on any atom is -0.481 e. The molecule has 8 nitrogen and oxygen atoms in total. The third-order valence-corrected chi connectivity index (χ3v) is 5.29. The number of ether oxygens (including phenoxy) is 2. The molecule has 0 radical (unpaired) electrons. The van der Waals surface area contributed by atoms with Crippen LogP contribution in [0.15, 0.2) is 24.3 Å². The van der Waals surface area contributed by atoms with E-state index >= 15 is 0 Å². The Labute approximate surface area is 215 Å². The Morgan fingerprint density at radius 1 is 0.694 bits per heavy atom. The smallest absolute Gasteiger partial charge is 0.339 e. The van der Waals surface area contributed by atoms with Crippen LogP contribution >= 0.6 is 0 Å². The van der Waals surface area contributed by atoms with Gasteiger partial charge >= 0.3 is 23.9 Å². The van der Waals surface area contributed by atoms with Crippen molar-refractivity contribution in [3.63, 3.8) is 0 Å². The number of carbonyl (C=O) groups excluding carboxylic acids is 2. The lowest BCUT2D eigenvalue weighted by molar-refractivity contribution is -0.139. The van der Waals surface area contributed by atoms with Crippen molar-refractivity contribution in [1.29, 1.82) is 0 Å². The van der Waals surface area contributed by atoms with Gasteiger partial charge in [-0.1, -0.05) is 71.4 Å². The average Bonchev–Trinajstić information content (AvgIpc) is 2.83. The summed E-state index contributed by atoms with van der Waals surface area (Å²) in [6.45, 7) is 7.29. The number of benzene rings is 1. The van der Waals surface area contributed by atoms with E-state index in [4.69, 9.17) is 19.7 Å². The zero-order chi connectivity index (χ0) is 27.2. The van der Waals surface area contributed by atoms with Gasteiger partial charge in [-0.05, 0) is 43.7 Å². The number of hydrogen-bond acceptors (Lipinski definition) is 6. The van der Waals surface area contributed by atoms with Crippen molar-refractivity contribution in [2.75, 3.05) is 13.2 Å². The molecule has 0 aliphatic carbocycles. The van der Waals surface area contributed by atoms with E-state index in [1.807, 2.05) is 6.92 Å². The first kappa shape index (κ1) is 33.1. The number of hydrogen-bond donors (Lipinski definition) is 2. The summed E-state index contributed by atoms with van der Waals surface area (Å²) in [6.07, 6.45) is 9.66. The van der Waals surface area contributed by atoms with Gasteiger partial charge in [0, 0.05) is 12.8 Å². The Kier molecular flexibility index (Phi) is 19.7. The van der Waals surface area contributed by atoms with Crippen molar-refractivity contribution in [1.82, 2.24) is 0 Å². The molecule has 8 heteroatoms. The molecular weight excluding hydrogens is 464 g/mol. The first-order valence-electron chi connectivity index (χ1n) is 13.1. The van der Waals surface area contributed by atoms with Gasteiger partial charge in [0.05, 0.1) is 24.3 Å². The second kappa shape index (κ2) is 21.4. The van der Waals surface area contributed by atoms with Crippen molar-refractivity contribution in [2.24, 2.45) is 5.92 Å². The fraction of sp³-hybridized carbons (Fsp3) is 0.643. The number of unbranched alkanes of at least 4 members (excludes halogenated alkanes) is 6. The van der Waals surface area contributed by atoms with Crippen molar-refractivity contribution in [2.45, 2.75) is 97.8 Å². The van der Waals surface area contributed by atoms with Gasteiger partial charge in [0.1, 0.15) is 0 Å². The number of aliphatic carboxylic acids is 2. The quantitative estimate of drug-likeness (QED) is 0.170. The minimum atomic E-state index is -0.870. The molecule has 0 aliphatic heterocycles. The largest absolute Gasteiger partial charge is 0.481 e. The summed E-state index contributed by atoms with van der Waals surface area (Å²) in [4.78, 5) is 44.2. The van der Waals surface area contributed by atoms with Crippen LogP contribution in [0.25, 0.3) is 0 Å². The highest BCUT2D eigenvalue weighted by molar-refractivity contribution is 6.03. The molecule has 0 saturated carbocycles. The lowest BCUT2D eigenvalue weighted by atomic mass is 10.0. The van der Waals surface area contributed by atoms with Gasteiger partial charge in [-0.15, -0.1) is 0 Å². The van der Waals surface area contributed by atoms with Crippen LogP contribution in [0.2, 0.25) is 0 Å². The fourth-order valence-corrected chi connectivity index (χ4v) is 3.21. The molecule has 0 saturated heterocycles. The molecule has 0 spiro atoms. The van der Waals surface area contributed by atoms with Crippen LogP contribution in [-0.2, 0) is 19.1 Å². The minimum absolute atomic E-state index is 0.0628. The highest BCUT2D eigenvalue weighted by atomic mass is 16.5. The lowest BCUT2D eigenvalue weighted by Crippen LogP contribution is -2.15. The number of carboxylic acid groups (broad SMARTS) is 2. The van der Waals surface area contributed by atoms with E-state index in [-0.39, 0.29) is 24.0 Å². The van der Waals surface area contributed by atoms with Gasteiger partial charge in [-0.25, -0.2) is 9.59 Å². The van der Waals surface area contributed by atoms with E-state index < -0.39 is 23.9 Å². The first-order valence-corrected chi connectivity index (χ1v) is 13.1. The average molecular weight is 509 g/mol. The van der Waals surface area contributed by atoms with E-state index in [9.17, 15) is 19.2 Å². The molecule has 0 aliphatic rings. The van der Waals surface area contributed by atoms with Crippen LogP contribution in [-0.4, -0.2) is 47.3 Å². The summed E-state index contributed by atoms with van der Waals surface area (Å²) >= 11 is 0. The molecule has 1 rings (SSSR count). The molecule has 0 bridgehead atoms. The maximum atomic E-state index is 12.3. The van der Waals surface area contributed by atoms with Crippen molar-refractivity contribution < 1.29 is 38.9 Å². The third-order valence-electron chi connectivity index (χ3n) is 5.29. The molecule has 0 heterocycles. The summed E-state index contributed by atoms with van der Waals surface area (Å²) in [5.41, 5.74) is 0.563. The van der Waals surface area contributed by atoms with E-state index in [2.05, 4.69) is 13.8 Å². The van der Waals surface area contributed by atoms with Crippen LogP contribution in [0.5, 0.6) is 0 Å². The summed E-state index contributed by atoms with van der Waals surface area (Å²) in [7, 11) is 0. The summed E-state index contributed by atoms with van der Waals surface area (Å²) < 4.78 is 10.6. The fourth-order valence-electron chi connectivity index (χ4n) is 3.21. The Balaban J connectivity index is 0.00000103. The van der Waals surface area contributed by atoms with Crippen LogP contribution in [0.1, 0.15) is 119 Å². The monoisotopic (exact) mass is 508 g/mol. The van der Waals surface area contributed by atoms with Gasteiger partial charge in [0.15, 0.2) is 0 Å². The van der Waals surface area contributed by atoms with Crippen molar-refractivity contribution in [3.05, 3.63) is 35.4 Å². The van der Waals surface area contributed by atoms with Gasteiger partial charge in [0.25, 0.3) is 0 Å². The Bertz CT molecular complexity index is 757. The number of rotatable bonds is 18. The molecule has 0 aromatic heterocycles. The van der Waals surface area contributed by atoms with Crippen LogP contribution in [0.4, 0.5) is 0 Å². The van der Waals surface area contributed by atoms with Crippen LogP contribution in [0, 0.1) is 5.92 Å². The molecule has 0 unspecified atom stereocenters. The molecule has 0 fully saturated rings. The Morgan fingerprint density at radius 2 is 1.14 bits per heavy atom. The Morgan fingerprint density at radius 3 is 1.58 bits per heavy atom. The zero-order valence-electron chi connectivity index (χ0n) is 22.1. The van der Waals surface area contributed by atoms with E-state index in [0.29, 0.717) is 26.1 Å². The molecule has 1 aromatic carbocycles. The topological polar surface area (TPSA) is 127 Å². The van der Waals surface area contributed by atoms with Crippen molar-refractivity contribution >= 4 is 23.9 Å². The molecule has 2 N–H and O–H groups in total. The van der Waals surface area contributed by atoms with Crippen molar-refractivity contribution in [3.8, 4) is 0 Å². The lowest BCUT2D eigenvalue weighted by Gasteiger charge is -2.10. The normalized spacial score (nSPS) is 10.3. The molecule has 0 atom stereocenters. The predicted molar refractivity (Wildman–Crippen MR) is 138 cm³/mol. The van der Waals surface area contributed by atoms with Gasteiger partial charge in [-0.2, -0.15) is 0 Å². The summed E-state index contributed by atoms with van der Waals surface area (Å²) in [6, 6.07) is 6.68. The summed E-state index contributed by atoms with van der Waals surface area (Å²) in [5, 5.41) is 16.3. The van der Waals surface area contributed by atoms with Crippen LogP contribution in [0.3, 0.4) is 0 Å². The number of carboxylic acids is 2. The van der Waals surface area contributed by atoms with Gasteiger partial charge in [0.2, 0.25) is 0 Å². The SMILES string of the molecule is CCCCOC(=O)c1ccccc1C(=O)OCCCCCCCC(C)C.O=C(O)CCCCC(=O)O. The van der Waals surface area contributed by atoms with E-state index in [1.165, 1.54) is 25.7 Å². The number of carbonyl (C=O) groups is 4. The van der Waals surface area contributed by atoms with E-state index in [0.717, 1.165) is 31.6 Å². The van der Waals surface area contributed by atoms with Gasteiger partial charge in [-0.3, -0.25) is 9.59 Å². The van der Waals surface area contributed by atoms with E-state index in [1.54, 1.807) is 24.3 Å². The zero-order valence-corrected chi connectivity index (χ0v) is 22.1. The molecule has 1 aromatic rings. The molecule has 36 heavy (non-hydrogen) atoms. The van der Waals surface area contributed by atoms with Gasteiger partial charge < -0.3 is 19.7 Å². The first-order chi connectivity index (χ1) is 17.2.